The molecule has 130 valence electrons. The van der Waals surface area contributed by atoms with E-state index in [1.165, 1.54) is 25.7 Å². The summed E-state index contributed by atoms with van der Waals surface area (Å²) in [7, 11) is 0. The van der Waals surface area contributed by atoms with E-state index in [0.717, 1.165) is 38.4 Å². The van der Waals surface area contributed by atoms with Gasteiger partial charge in [-0.25, -0.2) is 4.68 Å². The summed E-state index contributed by atoms with van der Waals surface area (Å²) in [5.41, 5.74) is 0.447. The van der Waals surface area contributed by atoms with Gasteiger partial charge in [0.1, 0.15) is 0 Å². The van der Waals surface area contributed by atoms with E-state index in [1.54, 1.807) is 6.20 Å². The van der Waals surface area contributed by atoms with Crippen molar-refractivity contribution >= 4 is 18.3 Å². The molecule has 2 fully saturated rings. The van der Waals surface area contributed by atoms with Crippen LogP contribution in [-0.4, -0.2) is 40.5 Å². The van der Waals surface area contributed by atoms with E-state index in [4.69, 9.17) is 0 Å². The normalized spacial score (nSPS) is 25.6. The van der Waals surface area contributed by atoms with Crippen molar-refractivity contribution in [1.29, 1.82) is 0 Å². The fourth-order valence-corrected chi connectivity index (χ4v) is 3.49. The molecule has 1 aromatic heterocycles. The van der Waals surface area contributed by atoms with Crippen molar-refractivity contribution in [3.05, 3.63) is 11.9 Å². The molecule has 0 atom stereocenters. The zero-order valence-corrected chi connectivity index (χ0v) is 14.6. The number of piperidine rings is 1. The van der Waals surface area contributed by atoms with E-state index in [-0.39, 0.29) is 18.3 Å². The monoisotopic (exact) mass is 341 g/mol. The summed E-state index contributed by atoms with van der Waals surface area (Å²) in [5.74, 6) is 1.38. The summed E-state index contributed by atoms with van der Waals surface area (Å²) in [4.78, 5) is 12.2. The van der Waals surface area contributed by atoms with Gasteiger partial charge in [-0.3, -0.25) is 4.79 Å². The van der Waals surface area contributed by atoms with Gasteiger partial charge in [0.15, 0.2) is 5.69 Å². The van der Waals surface area contributed by atoms with Crippen LogP contribution in [0.2, 0.25) is 0 Å². The Labute approximate surface area is 144 Å². The quantitative estimate of drug-likeness (QED) is 0.880. The number of nitrogens with one attached hydrogen (secondary N) is 2. The minimum atomic E-state index is -0.0844. The van der Waals surface area contributed by atoms with Crippen LogP contribution in [-0.2, 0) is 0 Å². The molecule has 0 spiro atoms. The molecule has 1 aliphatic carbocycles. The van der Waals surface area contributed by atoms with Crippen molar-refractivity contribution in [3.63, 3.8) is 0 Å². The minimum absolute atomic E-state index is 0. The number of rotatable bonds is 4. The summed E-state index contributed by atoms with van der Waals surface area (Å²) in [6.45, 7) is 5.10. The molecule has 2 aliphatic rings. The summed E-state index contributed by atoms with van der Waals surface area (Å²) < 4.78 is 1.86. The molecule has 0 unspecified atom stereocenters. The van der Waals surface area contributed by atoms with Gasteiger partial charge in [-0.15, -0.1) is 17.5 Å². The number of amides is 1. The van der Waals surface area contributed by atoms with Gasteiger partial charge in [0, 0.05) is 6.54 Å². The van der Waals surface area contributed by atoms with E-state index in [2.05, 4.69) is 27.9 Å². The average Bonchev–Trinajstić information content (AvgIpc) is 3.05. The molecular formula is C16H28ClN5O. The lowest BCUT2D eigenvalue weighted by Crippen LogP contribution is -2.31. The fourth-order valence-electron chi connectivity index (χ4n) is 3.49. The summed E-state index contributed by atoms with van der Waals surface area (Å²) in [6.07, 6.45) is 8.91. The van der Waals surface area contributed by atoms with Gasteiger partial charge in [0.2, 0.25) is 0 Å². The lowest BCUT2D eigenvalue weighted by atomic mass is 9.83. The highest BCUT2D eigenvalue weighted by Gasteiger charge is 2.21. The molecule has 1 aromatic rings. The molecule has 23 heavy (non-hydrogen) atoms. The fraction of sp³-hybridized carbons (Fsp3) is 0.812. The smallest absolute Gasteiger partial charge is 0.273 e. The number of aromatic nitrogens is 3. The maximum atomic E-state index is 12.2. The highest BCUT2D eigenvalue weighted by molar-refractivity contribution is 5.91. The van der Waals surface area contributed by atoms with Gasteiger partial charge in [0.05, 0.1) is 12.2 Å². The maximum Gasteiger partial charge on any atom is 0.273 e. The summed E-state index contributed by atoms with van der Waals surface area (Å²) in [5, 5.41) is 14.6. The van der Waals surface area contributed by atoms with Crippen molar-refractivity contribution in [1.82, 2.24) is 25.6 Å². The number of nitrogens with zero attached hydrogens (tertiary/aromatic N) is 3. The highest BCUT2D eigenvalue weighted by atomic mass is 35.5. The van der Waals surface area contributed by atoms with Crippen molar-refractivity contribution in [3.8, 4) is 0 Å². The molecule has 1 saturated heterocycles. The number of carbonyl (C=O) groups is 1. The van der Waals surface area contributed by atoms with Gasteiger partial charge in [-0.2, -0.15) is 0 Å². The molecule has 3 rings (SSSR count). The number of hydrogen-bond donors (Lipinski definition) is 2. The lowest BCUT2D eigenvalue weighted by molar-refractivity contribution is 0.0936. The number of halogens is 1. The van der Waals surface area contributed by atoms with E-state index in [1.807, 2.05) is 4.68 Å². The topological polar surface area (TPSA) is 71.8 Å². The molecule has 1 saturated carbocycles. The van der Waals surface area contributed by atoms with Crippen LogP contribution >= 0.6 is 12.4 Å². The predicted molar refractivity (Wildman–Crippen MR) is 91.9 cm³/mol. The van der Waals surface area contributed by atoms with Crippen molar-refractivity contribution in [2.24, 2.45) is 11.8 Å². The van der Waals surface area contributed by atoms with Gasteiger partial charge >= 0.3 is 0 Å². The average molecular weight is 342 g/mol. The van der Waals surface area contributed by atoms with Crippen LogP contribution < -0.4 is 10.6 Å². The zero-order valence-electron chi connectivity index (χ0n) is 13.8. The van der Waals surface area contributed by atoms with Crippen LogP contribution in [0, 0.1) is 11.8 Å². The van der Waals surface area contributed by atoms with Gasteiger partial charge in [0.25, 0.3) is 5.91 Å². The standard InChI is InChI=1S/C16H27N5O.ClH/c1-12-2-4-13(5-3-12)10-18-16(22)15-11-21(20-19-15)14-6-8-17-9-7-14;/h11-14,17H,2-10H2,1H3,(H,18,22);1H. The number of hydrogen-bond acceptors (Lipinski definition) is 4. The van der Waals surface area contributed by atoms with E-state index in [9.17, 15) is 4.79 Å². The third kappa shape index (κ3) is 4.91. The maximum absolute atomic E-state index is 12.2. The van der Waals surface area contributed by atoms with Crippen LogP contribution in [0.5, 0.6) is 0 Å². The Morgan fingerprint density at radius 2 is 1.96 bits per heavy atom. The first-order chi connectivity index (χ1) is 10.7. The molecule has 0 radical (unpaired) electrons. The van der Waals surface area contributed by atoms with E-state index >= 15 is 0 Å². The van der Waals surface area contributed by atoms with E-state index < -0.39 is 0 Å². The van der Waals surface area contributed by atoms with Crippen LogP contribution in [0.15, 0.2) is 6.20 Å². The second-order valence-electron chi connectivity index (χ2n) is 6.90. The Hall–Kier alpha value is -1.14. The third-order valence-electron chi connectivity index (χ3n) is 5.11. The third-order valence-corrected chi connectivity index (χ3v) is 5.11. The Balaban J connectivity index is 0.00000192. The number of carbonyl (C=O) groups excluding carboxylic acids is 1. The molecule has 0 aromatic carbocycles. The first kappa shape index (κ1) is 18.2. The molecular weight excluding hydrogens is 314 g/mol. The molecule has 0 bridgehead atoms. The Kier molecular flexibility index (Phi) is 6.84. The SMILES string of the molecule is CC1CCC(CNC(=O)c2cn(C3CCNCC3)nn2)CC1.Cl. The molecule has 7 heteroatoms. The van der Waals surface area contributed by atoms with Gasteiger partial charge in [-0.05, 0) is 50.6 Å². The lowest BCUT2D eigenvalue weighted by Gasteiger charge is -2.26. The molecule has 6 nitrogen and oxygen atoms in total. The summed E-state index contributed by atoms with van der Waals surface area (Å²) >= 11 is 0. The first-order valence-corrected chi connectivity index (χ1v) is 8.63. The molecule has 2 N–H and O–H groups in total. The molecule has 1 amide bonds. The zero-order chi connectivity index (χ0) is 15.4. The van der Waals surface area contributed by atoms with Crippen LogP contribution in [0.1, 0.15) is 62.0 Å². The molecule has 1 aliphatic heterocycles. The largest absolute Gasteiger partial charge is 0.350 e. The van der Waals surface area contributed by atoms with E-state index in [0.29, 0.717) is 17.7 Å². The summed E-state index contributed by atoms with van der Waals surface area (Å²) in [6, 6.07) is 0.370. The van der Waals surface area contributed by atoms with Gasteiger partial charge in [-0.1, -0.05) is 25.0 Å². The second-order valence-corrected chi connectivity index (χ2v) is 6.90. The predicted octanol–water partition coefficient (Wildman–Crippen LogP) is 2.18. The van der Waals surface area contributed by atoms with Crippen molar-refractivity contribution in [2.75, 3.05) is 19.6 Å². The van der Waals surface area contributed by atoms with Gasteiger partial charge < -0.3 is 10.6 Å². The van der Waals surface area contributed by atoms with Crippen LogP contribution in [0.25, 0.3) is 0 Å². The second kappa shape index (κ2) is 8.64. The highest BCUT2D eigenvalue weighted by Crippen LogP contribution is 2.27. The Morgan fingerprint density at radius 1 is 1.26 bits per heavy atom. The Bertz CT molecular complexity index is 492. The van der Waals surface area contributed by atoms with Crippen LogP contribution in [0.4, 0.5) is 0 Å². The minimum Gasteiger partial charge on any atom is -0.350 e. The van der Waals surface area contributed by atoms with Crippen molar-refractivity contribution < 1.29 is 4.79 Å². The van der Waals surface area contributed by atoms with Crippen molar-refractivity contribution in [2.45, 2.75) is 51.5 Å². The molecule has 2 heterocycles. The Morgan fingerprint density at radius 3 is 2.65 bits per heavy atom. The van der Waals surface area contributed by atoms with Crippen LogP contribution in [0.3, 0.4) is 0 Å². The first-order valence-electron chi connectivity index (χ1n) is 8.63.